The normalized spacial score (nSPS) is 10.9. The zero-order valence-electron chi connectivity index (χ0n) is 17.3. The van der Waals surface area contributed by atoms with Gasteiger partial charge in [0, 0.05) is 6.21 Å². The van der Waals surface area contributed by atoms with Crippen molar-refractivity contribution >= 4 is 23.8 Å². The van der Waals surface area contributed by atoms with Crippen molar-refractivity contribution < 1.29 is 23.8 Å². The number of carbonyl (C=O) groups is 2. The van der Waals surface area contributed by atoms with Crippen molar-refractivity contribution in [2.75, 3.05) is 13.7 Å². The molecule has 0 saturated heterocycles. The Morgan fingerprint density at radius 2 is 1.79 bits per heavy atom. The summed E-state index contributed by atoms with van der Waals surface area (Å²) in [5, 5.41) is 0. The highest BCUT2D eigenvalue weighted by Gasteiger charge is 2.13. The second-order valence-electron chi connectivity index (χ2n) is 6.78. The molecule has 0 bridgehead atoms. The third-order valence-corrected chi connectivity index (χ3v) is 4.07. The lowest BCUT2D eigenvalue weighted by Gasteiger charge is -2.11. The molecule has 6 heteroatoms. The molecule has 0 aliphatic rings. The summed E-state index contributed by atoms with van der Waals surface area (Å²) < 4.78 is 15.8. The molecule has 0 unspecified atom stereocenters. The second kappa shape index (κ2) is 11.0. The van der Waals surface area contributed by atoms with Gasteiger partial charge in [-0.1, -0.05) is 27.2 Å². The maximum absolute atomic E-state index is 11.9. The highest BCUT2D eigenvalue weighted by atomic mass is 16.6. The molecule has 0 aliphatic carbocycles. The zero-order valence-corrected chi connectivity index (χ0v) is 17.3. The Hall–Kier alpha value is -3.15. The fourth-order valence-electron chi connectivity index (χ4n) is 2.30. The summed E-state index contributed by atoms with van der Waals surface area (Å²) in [6.45, 7) is 6.01. The first-order valence-corrected chi connectivity index (χ1v) is 9.65. The monoisotopic (exact) mass is 397 g/mol. The van der Waals surface area contributed by atoms with Crippen LogP contribution in [0, 0.1) is 5.92 Å². The van der Waals surface area contributed by atoms with E-state index in [0.29, 0.717) is 29.4 Å². The lowest BCUT2D eigenvalue weighted by atomic mass is 10.2. The van der Waals surface area contributed by atoms with Crippen molar-refractivity contribution in [2.45, 2.75) is 33.6 Å². The van der Waals surface area contributed by atoms with Crippen molar-refractivity contribution in [2.24, 2.45) is 10.9 Å². The van der Waals surface area contributed by atoms with E-state index in [0.717, 1.165) is 18.4 Å². The van der Waals surface area contributed by atoms with E-state index in [4.69, 9.17) is 14.2 Å². The van der Waals surface area contributed by atoms with Gasteiger partial charge in [0.05, 0.1) is 30.9 Å². The van der Waals surface area contributed by atoms with Gasteiger partial charge in [0.1, 0.15) is 0 Å². The van der Waals surface area contributed by atoms with Gasteiger partial charge in [-0.05, 0) is 54.4 Å². The molecule has 0 amide bonds. The standard InChI is InChI=1S/C23H27NO5/c1-5-6-13-28-23(26)18-8-10-19(11-9-18)24-15-17-7-12-20(21(14-17)27-4)29-22(25)16(2)3/h7-12,14-16H,5-6,13H2,1-4H3. The van der Waals surface area contributed by atoms with Crippen LogP contribution in [0.1, 0.15) is 49.5 Å². The first-order valence-electron chi connectivity index (χ1n) is 9.65. The molecule has 0 fully saturated rings. The third-order valence-electron chi connectivity index (χ3n) is 4.07. The zero-order chi connectivity index (χ0) is 21.2. The number of hydrogen-bond acceptors (Lipinski definition) is 6. The van der Waals surface area contributed by atoms with Crippen LogP contribution in [0.15, 0.2) is 47.5 Å². The molecule has 154 valence electrons. The average Bonchev–Trinajstić information content (AvgIpc) is 2.73. The Morgan fingerprint density at radius 1 is 1.07 bits per heavy atom. The molecule has 0 aromatic heterocycles. The molecule has 0 aliphatic heterocycles. The van der Waals surface area contributed by atoms with E-state index in [1.54, 1.807) is 62.5 Å². The molecule has 0 spiro atoms. The lowest BCUT2D eigenvalue weighted by molar-refractivity contribution is -0.137. The van der Waals surface area contributed by atoms with Crippen molar-refractivity contribution in [3.05, 3.63) is 53.6 Å². The summed E-state index contributed by atoms with van der Waals surface area (Å²) in [4.78, 5) is 28.1. The van der Waals surface area contributed by atoms with Crippen LogP contribution in [0.5, 0.6) is 11.5 Å². The largest absolute Gasteiger partial charge is 0.493 e. The van der Waals surface area contributed by atoms with Crippen molar-refractivity contribution in [1.82, 2.24) is 0 Å². The fraction of sp³-hybridized carbons (Fsp3) is 0.348. The quantitative estimate of drug-likeness (QED) is 0.259. The summed E-state index contributed by atoms with van der Waals surface area (Å²) in [7, 11) is 1.52. The van der Waals surface area contributed by atoms with Crippen molar-refractivity contribution in [3.8, 4) is 11.5 Å². The van der Waals surface area contributed by atoms with E-state index in [2.05, 4.69) is 4.99 Å². The minimum Gasteiger partial charge on any atom is -0.493 e. The molecule has 2 aromatic carbocycles. The Kier molecular flexibility index (Phi) is 8.40. The van der Waals surface area contributed by atoms with Gasteiger partial charge in [-0.25, -0.2) is 4.79 Å². The Morgan fingerprint density at radius 3 is 2.41 bits per heavy atom. The predicted octanol–water partition coefficient (Wildman–Crippen LogP) is 4.96. The molecule has 0 heterocycles. The molecular formula is C23H27NO5. The van der Waals surface area contributed by atoms with Gasteiger partial charge < -0.3 is 14.2 Å². The number of carbonyl (C=O) groups excluding carboxylic acids is 2. The van der Waals surface area contributed by atoms with Crippen LogP contribution in [0.3, 0.4) is 0 Å². The number of methoxy groups -OCH3 is 1. The summed E-state index contributed by atoms with van der Waals surface area (Å²) >= 11 is 0. The van der Waals surface area contributed by atoms with Crippen molar-refractivity contribution in [3.63, 3.8) is 0 Å². The number of hydrogen-bond donors (Lipinski definition) is 0. The SMILES string of the molecule is CCCCOC(=O)c1ccc(N=Cc2ccc(OC(=O)C(C)C)c(OC)c2)cc1. The number of benzene rings is 2. The van der Waals surface area contributed by atoms with Gasteiger partial charge >= 0.3 is 11.9 Å². The molecule has 6 nitrogen and oxygen atoms in total. The van der Waals surface area contributed by atoms with Crippen LogP contribution in [-0.4, -0.2) is 31.9 Å². The van der Waals surface area contributed by atoms with E-state index in [1.165, 1.54) is 7.11 Å². The van der Waals surface area contributed by atoms with Crippen LogP contribution in [0.4, 0.5) is 5.69 Å². The number of rotatable bonds is 9. The molecular weight excluding hydrogens is 370 g/mol. The molecule has 0 N–H and O–H groups in total. The van der Waals surface area contributed by atoms with E-state index in [-0.39, 0.29) is 17.9 Å². The summed E-state index contributed by atoms with van der Waals surface area (Å²) in [6.07, 6.45) is 3.50. The Balaban J connectivity index is 2.05. The maximum atomic E-state index is 11.9. The highest BCUT2D eigenvalue weighted by molar-refractivity contribution is 5.90. The number of aliphatic imine (C=N–C) groups is 1. The van der Waals surface area contributed by atoms with Gasteiger partial charge in [0.2, 0.25) is 0 Å². The average molecular weight is 397 g/mol. The molecule has 0 atom stereocenters. The molecule has 0 radical (unpaired) electrons. The molecule has 2 rings (SSSR count). The Labute approximate surface area is 171 Å². The molecule has 0 saturated carbocycles. The molecule has 29 heavy (non-hydrogen) atoms. The van der Waals surface area contributed by atoms with Crippen LogP contribution >= 0.6 is 0 Å². The Bertz CT molecular complexity index is 856. The van der Waals surface area contributed by atoms with Gasteiger partial charge in [-0.15, -0.1) is 0 Å². The van der Waals surface area contributed by atoms with Gasteiger partial charge in [0.15, 0.2) is 11.5 Å². The van der Waals surface area contributed by atoms with Crippen LogP contribution in [-0.2, 0) is 9.53 Å². The smallest absolute Gasteiger partial charge is 0.338 e. The van der Waals surface area contributed by atoms with Crippen molar-refractivity contribution in [1.29, 1.82) is 0 Å². The third kappa shape index (κ3) is 6.75. The maximum Gasteiger partial charge on any atom is 0.338 e. The van der Waals surface area contributed by atoms with Gasteiger partial charge in [0.25, 0.3) is 0 Å². The van der Waals surface area contributed by atoms with E-state index >= 15 is 0 Å². The van der Waals surface area contributed by atoms with Gasteiger partial charge in [-0.2, -0.15) is 0 Å². The fourth-order valence-corrected chi connectivity index (χ4v) is 2.30. The summed E-state index contributed by atoms with van der Waals surface area (Å²) in [5.74, 6) is -0.0569. The summed E-state index contributed by atoms with van der Waals surface area (Å²) in [6, 6.07) is 12.1. The van der Waals surface area contributed by atoms with E-state index in [1.807, 2.05) is 6.92 Å². The highest BCUT2D eigenvalue weighted by Crippen LogP contribution is 2.28. The molecule has 2 aromatic rings. The first kappa shape index (κ1) is 22.1. The number of unbranched alkanes of at least 4 members (excludes halogenated alkanes) is 1. The van der Waals surface area contributed by atoms with E-state index in [9.17, 15) is 9.59 Å². The number of ether oxygens (including phenoxy) is 3. The predicted molar refractivity (Wildman–Crippen MR) is 112 cm³/mol. The lowest BCUT2D eigenvalue weighted by Crippen LogP contribution is -2.15. The second-order valence-corrected chi connectivity index (χ2v) is 6.78. The van der Waals surface area contributed by atoms with E-state index < -0.39 is 0 Å². The van der Waals surface area contributed by atoms with Gasteiger partial charge in [-0.3, -0.25) is 9.79 Å². The summed E-state index contributed by atoms with van der Waals surface area (Å²) in [5.41, 5.74) is 1.98. The van der Waals surface area contributed by atoms with Crippen LogP contribution in [0.25, 0.3) is 0 Å². The minimum atomic E-state index is -0.328. The number of nitrogens with zero attached hydrogens (tertiary/aromatic N) is 1. The first-order chi connectivity index (χ1) is 13.9. The minimum absolute atomic E-state index is 0.229. The van der Waals surface area contributed by atoms with Crippen LogP contribution in [0.2, 0.25) is 0 Å². The van der Waals surface area contributed by atoms with Crippen LogP contribution < -0.4 is 9.47 Å². The number of esters is 2. The topological polar surface area (TPSA) is 74.2 Å².